The van der Waals surface area contributed by atoms with Gasteiger partial charge in [-0.3, -0.25) is 0 Å². The van der Waals surface area contributed by atoms with E-state index in [4.69, 9.17) is 5.11 Å². The molecule has 2 rings (SSSR count). The molecule has 0 atom stereocenters. The maximum Gasteiger partial charge on any atom is 0.115 e. The average molecular weight is 192 g/mol. The van der Waals surface area contributed by atoms with Crippen molar-refractivity contribution in [2.24, 2.45) is 0 Å². The molecule has 1 aliphatic heterocycles. The Bertz CT molecular complexity index is 280. The van der Waals surface area contributed by atoms with E-state index in [1.54, 1.807) is 12.1 Å². The highest BCUT2D eigenvalue weighted by molar-refractivity contribution is 5.25. The highest BCUT2D eigenvalue weighted by Crippen LogP contribution is 2.09. The molecule has 0 radical (unpaired) electrons. The standard InChI is InChI=1S/C11H16N2O/c14-11-3-1-9(2-4-11)5-6-13-10-7-12-8-10/h1-4,10,12-14H,5-8H2. The van der Waals surface area contributed by atoms with Gasteiger partial charge in [-0.25, -0.2) is 0 Å². The predicted molar refractivity (Wildman–Crippen MR) is 56.5 cm³/mol. The molecule has 3 heteroatoms. The van der Waals surface area contributed by atoms with Crippen LogP contribution in [0.1, 0.15) is 5.56 Å². The number of phenols is 1. The summed E-state index contributed by atoms with van der Waals surface area (Å²) < 4.78 is 0. The van der Waals surface area contributed by atoms with Crippen LogP contribution in [-0.4, -0.2) is 30.8 Å². The zero-order valence-electron chi connectivity index (χ0n) is 8.16. The fourth-order valence-electron chi connectivity index (χ4n) is 1.52. The maximum absolute atomic E-state index is 9.09. The molecule has 1 aromatic rings. The summed E-state index contributed by atoms with van der Waals surface area (Å²) >= 11 is 0. The molecule has 0 aromatic heterocycles. The third kappa shape index (κ3) is 2.47. The Morgan fingerprint density at radius 3 is 2.57 bits per heavy atom. The summed E-state index contributed by atoms with van der Waals surface area (Å²) in [5.41, 5.74) is 1.27. The van der Waals surface area contributed by atoms with Gasteiger partial charge in [0.1, 0.15) is 5.75 Å². The van der Waals surface area contributed by atoms with Crippen LogP contribution in [0, 0.1) is 0 Å². The van der Waals surface area contributed by atoms with Gasteiger partial charge in [0.15, 0.2) is 0 Å². The van der Waals surface area contributed by atoms with Crippen LogP contribution < -0.4 is 10.6 Å². The van der Waals surface area contributed by atoms with Crippen molar-refractivity contribution in [2.75, 3.05) is 19.6 Å². The second-order valence-electron chi connectivity index (χ2n) is 3.73. The Kier molecular flexibility index (Phi) is 3.01. The van der Waals surface area contributed by atoms with E-state index in [2.05, 4.69) is 10.6 Å². The molecule has 1 aromatic carbocycles. The number of hydrogen-bond donors (Lipinski definition) is 3. The van der Waals surface area contributed by atoms with Gasteiger partial charge >= 0.3 is 0 Å². The summed E-state index contributed by atoms with van der Waals surface area (Å²) in [6.45, 7) is 3.20. The molecule has 1 fully saturated rings. The third-order valence-electron chi connectivity index (χ3n) is 2.56. The first-order chi connectivity index (χ1) is 6.84. The molecule has 76 valence electrons. The number of nitrogens with one attached hydrogen (secondary N) is 2. The zero-order valence-corrected chi connectivity index (χ0v) is 8.16. The van der Waals surface area contributed by atoms with E-state index in [1.165, 1.54) is 5.56 Å². The van der Waals surface area contributed by atoms with Crippen LogP contribution in [0.25, 0.3) is 0 Å². The van der Waals surface area contributed by atoms with Crippen molar-refractivity contribution in [2.45, 2.75) is 12.5 Å². The number of aromatic hydroxyl groups is 1. The quantitative estimate of drug-likeness (QED) is 0.651. The van der Waals surface area contributed by atoms with Crippen LogP contribution in [0.2, 0.25) is 0 Å². The van der Waals surface area contributed by atoms with E-state index >= 15 is 0 Å². The molecule has 0 amide bonds. The number of rotatable bonds is 4. The molecule has 3 nitrogen and oxygen atoms in total. The van der Waals surface area contributed by atoms with Gasteiger partial charge in [0, 0.05) is 19.1 Å². The zero-order chi connectivity index (χ0) is 9.80. The van der Waals surface area contributed by atoms with Crippen molar-refractivity contribution in [3.63, 3.8) is 0 Å². The van der Waals surface area contributed by atoms with E-state index in [9.17, 15) is 0 Å². The summed E-state index contributed by atoms with van der Waals surface area (Å²) in [6.07, 6.45) is 1.02. The van der Waals surface area contributed by atoms with Crippen LogP contribution >= 0.6 is 0 Å². The molecule has 3 N–H and O–H groups in total. The second kappa shape index (κ2) is 4.44. The van der Waals surface area contributed by atoms with Crippen molar-refractivity contribution < 1.29 is 5.11 Å². The highest BCUT2D eigenvalue weighted by Gasteiger charge is 2.14. The summed E-state index contributed by atoms with van der Waals surface area (Å²) in [7, 11) is 0. The molecular formula is C11H16N2O. The van der Waals surface area contributed by atoms with Gasteiger partial charge in [-0.1, -0.05) is 12.1 Å². The maximum atomic E-state index is 9.09. The smallest absolute Gasteiger partial charge is 0.115 e. The number of hydrogen-bond acceptors (Lipinski definition) is 3. The lowest BCUT2D eigenvalue weighted by atomic mass is 10.1. The lowest BCUT2D eigenvalue weighted by Gasteiger charge is -2.28. The Labute approximate surface area is 84.1 Å². The van der Waals surface area contributed by atoms with Gasteiger partial charge in [-0.15, -0.1) is 0 Å². The molecular weight excluding hydrogens is 176 g/mol. The van der Waals surface area contributed by atoms with Gasteiger partial charge in [0.2, 0.25) is 0 Å². The van der Waals surface area contributed by atoms with Crippen molar-refractivity contribution in [1.29, 1.82) is 0 Å². The fourth-order valence-corrected chi connectivity index (χ4v) is 1.52. The third-order valence-corrected chi connectivity index (χ3v) is 2.56. The Hall–Kier alpha value is -1.06. The van der Waals surface area contributed by atoms with Crippen LogP contribution in [0.3, 0.4) is 0 Å². The van der Waals surface area contributed by atoms with E-state index in [-0.39, 0.29) is 0 Å². The van der Waals surface area contributed by atoms with E-state index < -0.39 is 0 Å². The largest absolute Gasteiger partial charge is 0.508 e. The van der Waals surface area contributed by atoms with Crippen LogP contribution in [0.4, 0.5) is 0 Å². The Balaban J connectivity index is 1.71. The average Bonchev–Trinajstić information content (AvgIpc) is 2.12. The van der Waals surface area contributed by atoms with Crippen LogP contribution in [-0.2, 0) is 6.42 Å². The van der Waals surface area contributed by atoms with E-state index in [1.807, 2.05) is 12.1 Å². The van der Waals surface area contributed by atoms with Crippen LogP contribution in [0.5, 0.6) is 5.75 Å². The molecule has 1 heterocycles. The lowest BCUT2D eigenvalue weighted by Crippen LogP contribution is -2.55. The van der Waals surface area contributed by atoms with Gasteiger partial charge in [-0.2, -0.15) is 0 Å². The lowest BCUT2D eigenvalue weighted by molar-refractivity contribution is 0.369. The molecule has 0 bridgehead atoms. The second-order valence-corrected chi connectivity index (χ2v) is 3.73. The molecule has 0 aliphatic carbocycles. The normalized spacial score (nSPS) is 16.6. The number of benzene rings is 1. The van der Waals surface area contributed by atoms with Gasteiger partial charge < -0.3 is 15.7 Å². The van der Waals surface area contributed by atoms with E-state index in [0.29, 0.717) is 11.8 Å². The fraction of sp³-hybridized carbons (Fsp3) is 0.455. The van der Waals surface area contributed by atoms with Crippen molar-refractivity contribution in [3.05, 3.63) is 29.8 Å². The minimum Gasteiger partial charge on any atom is -0.508 e. The summed E-state index contributed by atoms with van der Waals surface area (Å²) in [6, 6.07) is 8.07. The van der Waals surface area contributed by atoms with Crippen LogP contribution in [0.15, 0.2) is 24.3 Å². The molecule has 1 saturated heterocycles. The minimum atomic E-state index is 0.338. The molecule has 0 spiro atoms. The molecule has 14 heavy (non-hydrogen) atoms. The summed E-state index contributed by atoms with van der Waals surface area (Å²) in [5, 5.41) is 15.8. The van der Waals surface area contributed by atoms with E-state index in [0.717, 1.165) is 26.1 Å². The first-order valence-corrected chi connectivity index (χ1v) is 5.06. The van der Waals surface area contributed by atoms with Gasteiger partial charge in [-0.05, 0) is 30.7 Å². The Morgan fingerprint density at radius 1 is 1.29 bits per heavy atom. The molecule has 0 unspecified atom stereocenters. The number of phenolic OH excluding ortho intramolecular Hbond substituents is 1. The predicted octanol–water partition coefficient (Wildman–Crippen LogP) is 0.496. The molecule has 1 aliphatic rings. The first-order valence-electron chi connectivity index (χ1n) is 5.06. The van der Waals surface area contributed by atoms with Gasteiger partial charge in [0.05, 0.1) is 0 Å². The summed E-state index contributed by atoms with van der Waals surface area (Å²) in [5.74, 6) is 0.338. The molecule has 0 saturated carbocycles. The highest BCUT2D eigenvalue weighted by atomic mass is 16.3. The summed E-state index contributed by atoms with van der Waals surface area (Å²) in [4.78, 5) is 0. The van der Waals surface area contributed by atoms with Gasteiger partial charge in [0.25, 0.3) is 0 Å². The first kappa shape index (κ1) is 9.49. The Morgan fingerprint density at radius 2 is 2.00 bits per heavy atom. The minimum absolute atomic E-state index is 0.338. The topological polar surface area (TPSA) is 44.3 Å². The van der Waals surface area contributed by atoms with Crippen molar-refractivity contribution in [3.8, 4) is 5.75 Å². The van der Waals surface area contributed by atoms with Crippen molar-refractivity contribution in [1.82, 2.24) is 10.6 Å². The monoisotopic (exact) mass is 192 g/mol. The SMILES string of the molecule is Oc1ccc(CCNC2CNC2)cc1. The van der Waals surface area contributed by atoms with Crippen molar-refractivity contribution >= 4 is 0 Å².